The molecule has 0 N–H and O–H groups in total. The molecular weight excluding hydrogens is 256 g/mol. The van der Waals surface area contributed by atoms with Crippen molar-refractivity contribution in [1.82, 2.24) is 0 Å². The molecule has 0 aromatic heterocycles. The molecule has 1 rings (SSSR count). The van der Waals surface area contributed by atoms with E-state index < -0.39 is 0 Å². The zero-order valence-corrected chi connectivity index (χ0v) is 12.4. The van der Waals surface area contributed by atoms with Crippen LogP contribution in [-0.4, -0.2) is 25.2 Å². The second-order valence-electron chi connectivity index (χ2n) is 4.33. The molecule has 0 aliphatic rings. The quantitative estimate of drug-likeness (QED) is 0.720. The first kappa shape index (κ1) is 16.2. The molecule has 0 amide bonds. The minimum atomic E-state index is -0.316. The van der Waals surface area contributed by atoms with Crippen molar-refractivity contribution in [3.8, 4) is 0 Å². The summed E-state index contributed by atoms with van der Waals surface area (Å²) < 4.78 is 10.0. The Morgan fingerprint density at radius 1 is 1.00 bits per heavy atom. The maximum Gasteiger partial charge on any atom is 0.338 e. The van der Waals surface area contributed by atoms with Crippen molar-refractivity contribution >= 4 is 11.9 Å². The molecule has 0 heterocycles. The fraction of sp³-hybridized carbons (Fsp3) is 0.500. The zero-order chi connectivity index (χ0) is 15.0. The van der Waals surface area contributed by atoms with Crippen LogP contribution < -0.4 is 0 Å². The Labute approximate surface area is 120 Å². The van der Waals surface area contributed by atoms with Gasteiger partial charge in [0.1, 0.15) is 0 Å². The van der Waals surface area contributed by atoms with Gasteiger partial charge in [-0.1, -0.05) is 25.1 Å². The Balaban J connectivity index is 2.94. The highest BCUT2D eigenvalue weighted by Crippen LogP contribution is 2.19. The molecule has 0 spiro atoms. The van der Waals surface area contributed by atoms with E-state index in [9.17, 15) is 9.59 Å². The summed E-state index contributed by atoms with van der Waals surface area (Å²) in [6, 6.07) is 5.69. The molecule has 0 saturated carbocycles. The highest BCUT2D eigenvalue weighted by Gasteiger charge is 2.17. The first-order valence-electron chi connectivity index (χ1n) is 7.07. The lowest BCUT2D eigenvalue weighted by Crippen LogP contribution is -2.13. The van der Waals surface area contributed by atoms with E-state index in [2.05, 4.69) is 0 Å². The highest BCUT2D eigenvalue weighted by molar-refractivity contribution is 5.93. The molecule has 0 unspecified atom stereocenters. The average Bonchev–Trinajstić information content (AvgIpc) is 2.45. The number of rotatable bonds is 7. The van der Waals surface area contributed by atoms with Gasteiger partial charge in [0.05, 0.1) is 18.8 Å². The van der Waals surface area contributed by atoms with Gasteiger partial charge in [-0.25, -0.2) is 4.79 Å². The zero-order valence-electron chi connectivity index (χ0n) is 12.4. The van der Waals surface area contributed by atoms with Crippen molar-refractivity contribution in [3.05, 3.63) is 34.9 Å². The van der Waals surface area contributed by atoms with Gasteiger partial charge in [-0.2, -0.15) is 0 Å². The lowest BCUT2D eigenvalue weighted by molar-refractivity contribution is -0.143. The molecule has 0 bridgehead atoms. The first-order chi connectivity index (χ1) is 9.63. The average molecular weight is 278 g/mol. The summed E-state index contributed by atoms with van der Waals surface area (Å²) in [7, 11) is 0. The van der Waals surface area contributed by atoms with Gasteiger partial charge in [0.15, 0.2) is 0 Å². The fourth-order valence-corrected chi connectivity index (χ4v) is 2.09. The number of benzene rings is 1. The van der Waals surface area contributed by atoms with Crippen LogP contribution in [0.2, 0.25) is 0 Å². The van der Waals surface area contributed by atoms with Crippen LogP contribution >= 0.6 is 0 Å². The molecule has 0 fully saturated rings. The van der Waals surface area contributed by atoms with Crippen LogP contribution in [0.25, 0.3) is 0 Å². The van der Waals surface area contributed by atoms with E-state index in [1.165, 1.54) is 0 Å². The summed E-state index contributed by atoms with van der Waals surface area (Å²) in [4.78, 5) is 23.5. The molecule has 1 aromatic rings. The molecule has 0 radical (unpaired) electrons. The first-order valence-corrected chi connectivity index (χ1v) is 7.07. The van der Waals surface area contributed by atoms with E-state index in [-0.39, 0.29) is 18.4 Å². The van der Waals surface area contributed by atoms with Gasteiger partial charge in [-0.15, -0.1) is 0 Å². The van der Waals surface area contributed by atoms with Gasteiger partial charge in [0.2, 0.25) is 0 Å². The Morgan fingerprint density at radius 2 is 1.65 bits per heavy atom. The van der Waals surface area contributed by atoms with E-state index in [0.29, 0.717) is 25.2 Å². The van der Waals surface area contributed by atoms with Crippen LogP contribution in [0.5, 0.6) is 0 Å². The topological polar surface area (TPSA) is 52.6 Å². The molecule has 4 heteroatoms. The van der Waals surface area contributed by atoms with Crippen LogP contribution in [-0.2, 0) is 27.1 Å². The summed E-state index contributed by atoms with van der Waals surface area (Å²) in [5.74, 6) is -0.562. The van der Waals surface area contributed by atoms with Crippen molar-refractivity contribution in [1.29, 1.82) is 0 Å². The van der Waals surface area contributed by atoms with E-state index >= 15 is 0 Å². The van der Waals surface area contributed by atoms with Crippen LogP contribution in [0.15, 0.2) is 18.2 Å². The predicted molar refractivity (Wildman–Crippen MR) is 76.7 cm³/mol. The summed E-state index contributed by atoms with van der Waals surface area (Å²) in [5, 5.41) is 0. The van der Waals surface area contributed by atoms with Crippen LogP contribution in [0.4, 0.5) is 0 Å². The number of carbonyl (C=O) groups is 2. The lowest BCUT2D eigenvalue weighted by atomic mass is 9.96. The Bertz CT molecular complexity index is 466. The Kier molecular flexibility index (Phi) is 6.77. The number of ether oxygens (including phenoxy) is 2. The van der Waals surface area contributed by atoms with E-state index in [0.717, 1.165) is 17.5 Å². The third kappa shape index (κ3) is 4.37. The van der Waals surface area contributed by atoms with Crippen molar-refractivity contribution in [3.63, 3.8) is 0 Å². The molecule has 20 heavy (non-hydrogen) atoms. The third-order valence-electron chi connectivity index (χ3n) is 3.00. The summed E-state index contributed by atoms with van der Waals surface area (Å²) >= 11 is 0. The number of aryl methyl sites for hydroxylation is 2. The largest absolute Gasteiger partial charge is 0.466 e. The molecule has 0 saturated heterocycles. The minimum Gasteiger partial charge on any atom is -0.466 e. The number of hydrogen-bond acceptors (Lipinski definition) is 4. The van der Waals surface area contributed by atoms with Crippen LogP contribution in [0.3, 0.4) is 0 Å². The summed E-state index contributed by atoms with van der Waals surface area (Å²) in [6.07, 6.45) is 1.51. The van der Waals surface area contributed by atoms with Gasteiger partial charge in [0, 0.05) is 6.42 Å². The molecule has 0 aliphatic carbocycles. The molecule has 1 aromatic carbocycles. The van der Waals surface area contributed by atoms with E-state index in [1.54, 1.807) is 13.8 Å². The smallest absolute Gasteiger partial charge is 0.338 e. The summed E-state index contributed by atoms with van der Waals surface area (Å²) in [5.41, 5.74) is 2.39. The lowest BCUT2D eigenvalue weighted by Gasteiger charge is -2.12. The van der Waals surface area contributed by atoms with Crippen molar-refractivity contribution in [2.75, 3.05) is 13.2 Å². The molecule has 0 aliphatic heterocycles. The molecule has 110 valence electrons. The van der Waals surface area contributed by atoms with Gasteiger partial charge >= 0.3 is 11.9 Å². The van der Waals surface area contributed by atoms with E-state index in [4.69, 9.17) is 9.47 Å². The number of hydrogen-bond donors (Lipinski definition) is 0. The fourth-order valence-electron chi connectivity index (χ4n) is 2.09. The van der Waals surface area contributed by atoms with Crippen molar-refractivity contribution in [2.24, 2.45) is 0 Å². The normalized spacial score (nSPS) is 10.2. The SMILES string of the molecule is CCOC(=O)CCc1cccc(CC)c1C(=O)OCC. The predicted octanol–water partition coefficient (Wildman–Crippen LogP) is 2.92. The molecule has 0 atom stereocenters. The van der Waals surface area contributed by atoms with Crippen molar-refractivity contribution in [2.45, 2.75) is 40.0 Å². The Hall–Kier alpha value is -1.84. The standard InChI is InChI=1S/C16H22O4/c1-4-12-8-7-9-13(10-11-14(17)19-5-2)15(12)16(18)20-6-3/h7-9H,4-6,10-11H2,1-3H3. The second kappa shape index (κ2) is 8.35. The van der Waals surface area contributed by atoms with Gasteiger partial charge in [-0.05, 0) is 37.8 Å². The van der Waals surface area contributed by atoms with Gasteiger partial charge < -0.3 is 9.47 Å². The summed E-state index contributed by atoms with van der Waals surface area (Å²) in [6.45, 7) is 6.27. The number of carbonyl (C=O) groups excluding carboxylic acids is 2. The minimum absolute atomic E-state index is 0.246. The van der Waals surface area contributed by atoms with Crippen LogP contribution in [0, 0.1) is 0 Å². The second-order valence-corrected chi connectivity index (χ2v) is 4.33. The third-order valence-corrected chi connectivity index (χ3v) is 3.00. The van der Waals surface area contributed by atoms with E-state index in [1.807, 2.05) is 25.1 Å². The molecular formula is C16H22O4. The van der Waals surface area contributed by atoms with Gasteiger partial charge in [0.25, 0.3) is 0 Å². The maximum absolute atomic E-state index is 12.1. The Morgan fingerprint density at radius 3 is 2.25 bits per heavy atom. The maximum atomic E-state index is 12.1. The molecule has 4 nitrogen and oxygen atoms in total. The monoisotopic (exact) mass is 278 g/mol. The number of esters is 2. The van der Waals surface area contributed by atoms with Crippen molar-refractivity contribution < 1.29 is 19.1 Å². The van der Waals surface area contributed by atoms with Crippen LogP contribution in [0.1, 0.15) is 48.7 Å². The van der Waals surface area contributed by atoms with Gasteiger partial charge in [-0.3, -0.25) is 4.79 Å². The highest BCUT2D eigenvalue weighted by atomic mass is 16.5.